The molecule has 0 aromatic carbocycles. The Bertz CT molecular complexity index is 185. The molecule has 2 nitrogen and oxygen atoms in total. The fourth-order valence-corrected chi connectivity index (χ4v) is 3.13. The fourth-order valence-electron chi connectivity index (χ4n) is 3.13. The molecule has 15 heavy (non-hydrogen) atoms. The molecular weight excluding hydrogens is 184 g/mol. The van der Waals surface area contributed by atoms with Crippen LogP contribution in [0.15, 0.2) is 0 Å². The third-order valence-corrected chi connectivity index (χ3v) is 4.42. The van der Waals surface area contributed by atoms with Crippen LogP contribution in [0.4, 0.5) is 0 Å². The normalized spacial score (nSPS) is 31.2. The second kappa shape index (κ2) is 5.31. The Labute approximate surface area is 94.6 Å². The van der Waals surface area contributed by atoms with Gasteiger partial charge in [0.2, 0.25) is 0 Å². The summed E-state index contributed by atoms with van der Waals surface area (Å²) in [6.07, 6.45) is 5.64. The first-order valence-electron chi connectivity index (χ1n) is 6.79. The average molecular weight is 210 g/mol. The van der Waals surface area contributed by atoms with E-state index in [4.69, 9.17) is 0 Å². The van der Waals surface area contributed by atoms with Crippen molar-refractivity contribution >= 4 is 0 Å². The van der Waals surface area contributed by atoms with E-state index in [2.05, 4.69) is 23.6 Å². The predicted octanol–water partition coefficient (Wildman–Crippen LogP) is 2.20. The van der Waals surface area contributed by atoms with Crippen LogP contribution >= 0.6 is 0 Å². The van der Waals surface area contributed by atoms with Gasteiger partial charge in [-0.3, -0.25) is 0 Å². The van der Waals surface area contributed by atoms with Crippen LogP contribution in [0.2, 0.25) is 0 Å². The van der Waals surface area contributed by atoms with Gasteiger partial charge in [0.05, 0.1) is 0 Å². The van der Waals surface area contributed by atoms with E-state index in [1.165, 1.54) is 58.4 Å². The van der Waals surface area contributed by atoms with E-state index < -0.39 is 0 Å². The summed E-state index contributed by atoms with van der Waals surface area (Å²) in [4.78, 5) is 5.35. The molecule has 1 unspecified atom stereocenters. The van der Waals surface area contributed by atoms with Crippen molar-refractivity contribution in [2.24, 2.45) is 5.92 Å². The van der Waals surface area contributed by atoms with Crippen molar-refractivity contribution in [3.8, 4) is 0 Å². The van der Waals surface area contributed by atoms with E-state index in [0.717, 1.165) is 12.0 Å². The molecule has 0 N–H and O–H groups in total. The highest BCUT2D eigenvalue weighted by Crippen LogP contribution is 2.25. The molecule has 0 spiro atoms. The lowest BCUT2D eigenvalue weighted by Crippen LogP contribution is -2.43. The van der Waals surface area contributed by atoms with E-state index in [1.807, 2.05) is 0 Å². The molecule has 2 aliphatic heterocycles. The first kappa shape index (κ1) is 11.4. The highest BCUT2D eigenvalue weighted by Gasteiger charge is 2.29. The van der Waals surface area contributed by atoms with Crippen molar-refractivity contribution in [2.75, 3.05) is 32.7 Å². The summed E-state index contributed by atoms with van der Waals surface area (Å²) in [5, 5.41) is 0. The Hall–Kier alpha value is -0.0800. The fraction of sp³-hybridized carbons (Fsp3) is 1.00. The number of piperidine rings is 1. The molecule has 2 saturated heterocycles. The van der Waals surface area contributed by atoms with Crippen LogP contribution in [0.3, 0.4) is 0 Å². The summed E-state index contributed by atoms with van der Waals surface area (Å²) in [7, 11) is 0. The molecule has 0 radical (unpaired) electrons. The van der Waals surface area contributed by atoms with Crippen LogP contribution in [0, 0.1) is 5.92 Å². The van der Waals surface area contributed by atoms with Crippen molar-refractivity contribution in [3.63, 3.8) is 0 Å². The second-order valence-corrected chi connectivity index (χ2v) is 5.22. The lowest BCUT2D eigenvalue weighted by atomic mass is 10.0. The highest BCUT2D eigenvalue weighted by molar-refractivity contribution is 4.84. The predicted molar refractivity (Wildman–Crippen MR) is 65.1 cm³/mol. The summed E-state index contributed by atoms with van der Waals surface area (Å²) in [6.45, 7) is 11.3. The van der Waals surface area contributed by atoms with E-state index >= 15 is 0 Å². The standard InChI is InChI=1S/C13H26N2/c1-3-12-5-10-15(11-12)13-6-8-14(4-2)9-7-13/h12-13H,3-11H2,1-2H3. The van der Waals surface area contributed by atoms with Gasteiger partial charge >= 0.3 is 0 Å². The molecule has 0 aliphatic carbocycles. The van der Waals surface area contributed by atoms with Crippen LogP contribution < -0.4 is 0 Å². The number of hydrogen-bond donors (Lipinski definition) is 0. The van der Waals surface area contributed by atoms with Crippen LogP contribution in [-0.2, 0) is 0 Å². The van der Waals surface area contributed by atoms with Gasteiger partial charge in [0.15, 0.2) is 0 Å². The molecule has 1 atom stereocenters. The Kier molecular flexibility index (Phi) is 4.04. The molecule has 0 amide bonds. The molecule has 2 fully saturated rings. The molecular formula is C13H26N2. The molecule has 2 rings (SSSR count). The Morgan fingerprint density at radius 1 is 1.00 bits per heavy atom. The minimum Gasteiger partial charge on any atom is -0.303 e. The van der Waals surface area contributed by atoms with Gasteiger partial charge in [-0.1, -0.05) is 20.3 Å². The Balaban J connectivity index is 1.76. The third kappa shape index (κ3) is 2.73. The molecule has 2 aliphatic rings. The van der Waals surface area contributed by atoms with E-state index in [1.54, 1.807) is 0 Å². The maximum absolute atomic E-state index is 2.77. The van der Waals surface area contributed by atoms with Crippen LogP contribution in [-0.4, -0.2) is 48.6 Å². The number of likely N-dealkylation sites (tertiary alicyclic amines) is 2. The van der Waals surface area contributed by atoms with Gasteiger partial charge in [0.1, 0.15) is 0 Å². The van der Waals surface area contributed by atoms with Crippen LogP contribution in [0.5, 0.6) is 0 Å². The summed E-state index contributed by atoms with van der Waals surface area (Å²) >= 11 is 0. The molecule has 88 valence electrons. The van der Waals surface area contributed by atoms with Crippen LogP contribution in [0.25, 0.3) is 0 Å². The van der Waals surface area contributed by atoms with Crippen molar-refractivity contribution in [1.29, 1.82) is 0 Å². The molecule has 0 saturated carbocycles. The van der Waals surface area contributed by atoms with Crippen molar-refractivity contribution < 1.29 is 0 Å². The van der Waals surface area contributed by atoms with Crippen LogP contribution in [0.1, 0.15) is 39.5 Å². The van der Waals surface area contributed by atoms with Gasteiger partial charge in [-0.2, -0.15) is 0 Å². The molecule has 2 heterocycles. The number of hydrogen-bond acceptors (Lipinski definition) is 2. The topological polar surface area (TPSA) is 6.48 Å². The van der Waals surface area contributed by atoms with Gasteiger partial charge in [0.25, 0.3) is 0 Å². The first-order chi connectivity index (χ1) is 7.33. The average Bonchev–Trinajstić information content (AvgIpc) is 2.78. The lowest BCUT2D eigenvalue weighted by molar-refractivity contribution is 0.127. The number of nitrogens with zero attached hydrogens (tertiary/aromatic N) is 2. The van der Waals surface area contributed by atoms with Gasteiger partial charge in [-0.05, 0) is 51.4 Å². The molecule has 0 aromatic rings. The summed E-state index contributed by atoms with van der Waals surface area (Å²) < 4.78 is 0. The molecule has 0 bridgehead atoms. The lowest BCUT2D eigenvalue weighted by Gasteiger charge is -2.36. The molecule has 2 heteroatoms. The van der Waals surface area contributed by atoms with Gasteiger partial charge in [-0.25, -0.2) is 0 Å². The Morgan fingerprint density at radius 3 is 2.27 bits per heavy atom. The van der Waals surface area contributed by atoms with Crippen molar-refractivity contribution in [1.82, 2.24) is 9.80 Å². The minimum atomic E-state index is 0.907. The maximum atomic E-state index is 2.77. The zero-order valence-electron chi connectivity index (χ0n) is 10.4. The first-order valence-corrected chi connectivity index (χ1v) is 6.79. The Morgan fingerprint density at radius 2 is 1.73 bits per heavy atom. The smallest absolute Gasteiger partial charge is 0.0120 e. The zero-order chi connectivity index (χ0) is 10.7. The largest absolute Gasteiger partial charge is 0.303 e. The summed E-state index contributed by atoms with van der Waals surface area (Å²) in [5.41, 5.74) is 0. The molecule has 0 aromatic heterocycles. The third-order valence-electron chi connectivity index (χ3n) is 4.42. The van der Waals surface area contributed by atoms with Crippen molar-refractivity contribution in [2.45, 2.75) is 45.6 Å². The minimum absolute atomic E-state index is 0.907. The van der Waals surface area contributed by atoms with E-state index in [0.29, 0.717) is 0 Å². The summed E-state index contributed by atoms with van der Waals surface area (Å²) in [5.74, 6) is 0.995. The quantitative estimate of drug-likeness (QED) is 0.704. The van der Waals surface area contributed by atoms with Gasteiger partial charge in [-0.15, -0.1) is 0 Å². The summed E-state index contributed by atoms with van der Waals surface area (Å²) in [6, 6.07) is 0.907. The highest BCUT2D eigenvalue weighted by atomic mass is 15.2. The monoisotopic (exact) mass is 210 g/mol. The maximum Gasteiger partial charge on any atom is 0.0120 e. The second-order valence-electron chi connectivity index (χ2n) is 5.22. The van der Waals surface area contributed by atoms with E-state index in [9.17, 15) is 0 Å². The van der Waals surface area contributed by atoms with Gasteiger partial charge < -0.3 is 9.80 Å². The number of rotatable bonds is 3. The van der Waals surface area contributed by atoms with Crippen molar-refractivity contribution in [3.05, 3.63) is 0 Å². The zero-order valence-corrected chi connectivity index (χ0v) is 10.4. The van der Waals surface area contributed by atoms with E-state index in [-0.39, 0.29) is 0 Å². The SMILES string of the molecule is CCC1CCN(C2CCN(CC)CC2)C1. The van der Waals surface area contributed by atoms with Gasteiger partial charge in [0, 0.05) is 12.6 Å².